The van der Waals surface area contributed by atoms with Crippen molar-refractivity contribution in [1.29, 1.82) is 0 Å². The Bertz CT molecular complexity index is 673. The summed E-state index contributed by atoms with van der Waals surface area (Å²) in [6.07, 6.45) is 0.449. The largest absolute Gasteiger partial charge is 0.673 e. The molecular formula is C11H11BF4N2O6. The molecule has 0 amide bonds. The molecule has 0 aromatic heterocycles. The maximum Gasteiger partial charge on any atom is 0.673 e. The molecule has 0 atom stereocenters. The SMILES string of the molecule is CCOC1=[O+]CCc2cc([N+](=O)[O-])c([N+](=O)[O-])cc21.F[B-](F)(F)F. The van der Waals surface area contributed by atoms with E-state index >= 15 is 0 Å². The first-order valence-electron chi connectivity index (χ1n) is 6.50. The molecule has 1 aliphatic rings. The molecule has 0 saturated heterocycles. The first kappa shape index (κ1) is 19.3. The lowest BCUT2D eigenvalue weighted by atomic mass is 10.0. The Morgan fingerprint density at radius 1 is 1.17 bits per heavy atom. The Kier molecular flexibility index (Phi) is 6.20. The highest BCUT2D eigenvalue weighted by Gasteiger charge is 2.34. The predicted molar refractivity (Wildman–Crippen MR) is 74.5 cm³/mol. The van der Waals surface area contributed by atoms with Gasteiger partial charge in [0.15, 0.2) is 13.2 Å². The van der Waals surface area contributed by atoms with Gasteiger partial charge >= 0.3 is 24.6 Å². The van der Waals surface area contributed by atoms with Gasteiger partial charge in [0.05, 0.1) is 9.85 Å². The van der Waals surface area contributed by atoms with E-state index in [2.05, 4.69) is 0 Å². The Morgan fingerprint density at radius 2 is 1.67 bits per heavy atom. The molecule has 1 aromatic rings. The van der Waals surface area contributed by atoms with E-state index in [-0.39, 0.29) is 5.97 Å². The molecule has 1 heterocycles. The number of nitro groups is 2. The minimum absolute atomic E-state index is 0.182. The average molecular weight is 354 g/mol. The Morgan fingerprint density at radius 3 is 2.12 bits per heavy atom. The van der Waals surface area contributed by atoms with Crippen molar-refractivity contribution < 1.29 is 36.3 Å². The average Bonchev–Trinajstić information content (AvgIpc) is 2.44. The molecule has 2 rings (SSSR count). The number of halogens is 4. The summed E-state index contributed by atoms with van der Waals surface area (Å²) in [7, 11) is -6.00. The van der Waals surface area contributed by atoms with E-state index < -0.39 is 28.5 Å². The van der Waals surface area contributed by atoms with Crippen molar-refractivity contribution in [3.63, 3.8) is 0 Å². The molecule has 1 aliphatic heterocycles. The molecular weight excluding hydrogens is 343 g/mol. The van der Waals surface area contributed by atoms with Crippen LogP contribution < -0.4 is 0 Å². The summed E-state index contributed by atoms with van der Waals surface area (Å²) >= 11 is 0. The van der Waals surface area contributed by atoms with Crippen LogP contribution in [0.4, 0.5) is 28.6 Å². The van der Waals surface area contributed by atoms with Gasteiger partial charge in [0.25, 0.3) is 0 Å². The standard InChI is InChI=1S/C11H11N2O6.BF4/c1-2-18-11-8-6-10(13(16)17)9(12(14)15)5-7(8)3-4-19-11;2-1(3,4)5/h5-6H,2-4H2,1H3;/q+1;-1. The van der Waals surface area contributed by atoms with Crippen molar-refractivity contribution in [2.24, 2.45) is 0 Å². The second kappa shape index (κ2) is 7.70. The second-order valence-electron chi connectivity index (χ2n) is 4.33. The third-order valence-electron chi connectivity index (χ3n) is 2.69. The van der Waals surface area contributed by atoms with Gasteiger partial charge in [-0.25, -0.2) is 0 Å². The molecule has 0 aliphatic carbocycles. The van der Waals surface area contributed by atoms with E-state index in [1.165, 1.54) is 6.07 Å². The molecule has 0 bridgehead atoms. The van der Waals surface area contributed by atoms with E-state index in [9.17, 15) is 37.5 Å². The van der Waals surface area contributed by atoms with Gasteiger partial charge in [-0.05, 0) is 12.5 Å². The number of hydrogen-bond acceptors (Lipinski definition) is 5. The minimum atomic E-state index is -6.00. The molecule has 0 saturated carbocycles. The number of fused-ring (bicyclic) bond motifs is 1. The molecule has 24 heavy (non-hydrogen) atoms. The Balaban J connectivity index is 0.000000505. The van der Waals surface area contributed by atoms with E-state index in [1.807, 2.05) is 0 Å². The fourth-order valence-electron chi connectivity index (χ4n) is 1.89. The number of carbonyl (C=O) groups excluding carboxylic acids is 1. The summed E-state index contributed by atoms with van der Waals surface area (Å²) in [6.45, 7) is 2.43. The van der Waals surface area contributed by atoms with Crippen molar-refractivity contribution in [3.05, 3.63) is 43.5 Å². The summed E-state index contributed by atoms with van der Waals surface area (Å²) < 4.78 is 49.5. The highest BCUT2D eigenvalue weighted by molar-refractivity contribution is 6.50. The maximum atomic E-state index is 10.9. The van der Waals surface area contributed by atoms with Gasteiger partial charge in [-0.15, -0.1) is 0 Å². The fourth-order valence-corrected chi connectivity index (χ4v) is 1.89. The first-order valence-corrected chi connectivity index (χ1v) is 6.50. The summed E-state index contributed by atoms with van der Waals surface area (Å²) in [5.74, 6) is 0.182. The van der Waals surface area contributed by atoms with Crippen LogP contribution in [-0.2, 0) is 11.2 Å². The number of ether oxygens (including phenoxy) is 1. The van der Waals surface area contributed by atoms with Crippen LogP contribution in [0, 0.1) is 20.2 Å². The lowest BCUT2D eigenvalue weighted by molar-refractivity contribution is -0.422. The van der Waals surface area contributed by atoms with Crippen LogP contribution in [0.15, 0.2) is 12.1 Å². The van der Waals surface area contributed by atoms with Crippen LogP contribution in [0.2, 0.25) is 0 Å². The van der Waals surface area contributed by atoms with Crippen LogP contribution in [-0.4, -0.2) is 36.3 Å². The number of esters is 1. The Hall–Kier alpha value is -2.73. The van der Waals surface area contributed by atoms with Gasteiger partial charge in [0.2, 0.25) is 0 Å². The summed E-state index contributed by atoms with van der Waals surface area (Å²) in [5.41, 5.74) is -0.0506. The van der Waals surface area contributed by atoms with E-state index in [0.29, 0.717) is 30.8 Å². The molecule has 13 heteroatoms. The van der Waals surface area contributed by atoms with Crippen LogP contribution in [0.5, 0.6) is 0 Å². The van der Waals surface area contributed by atoms with Gasteiger partial charge in [0.1, 0.15) is 5.56 Å². The number of benzene rings is 1. The smallest absolute Gasteiger partial charge is 0.418 e. The maximum absolute atomic E-state index is 10.9. The topological polar surface area (TPSA) is 107 Å². The molecule has 0 fully saturated rings. The molecule has 0 spiro atoms. The highest BCUT2D eigenvalue weighted by Crippen LogP contribution is 2.32. The fraction of sp³-hybridized carbons (Fsp3) is 0.364. The van der Waals surface area contributed by atoms with Crippen molar-refractivity contribution in [2.75, 3.05) is 13.2 Å². The zero-order chi connectivity index (χ0) is 18.5. The summed E-state index contributed by atoms with van der Waals surface area (Å²) in [6, 6.07) is 2.35. The monoisotopic (exact) mass is 354 g/mol. The van der Waals surface area contributed by atoms with Crippen LogP contribution in [0.3, 0.4) is 0 Å². The quantitative estimate of drug-likeness (QED) is 0.207. The van der Waals surface area contributed by atoms with Gasteiger partial charge in [0, 0.05) is 18.6 Å². The van der Waals surface area contributed by atoms with Crippen LogP contribution in [0.1, 0.15) is 22.5 Å². The van der Waals surface area contributed by atoms with Crippen LogP contribution >= 0.6 is 0 Å². The van der Waals surface area contributed by atoms with Gasteiger partial charge in [-0.1, -0.05) is 0 Å². The third kappa shape index (κ3) is 5.48. The molecule has 0 N–H and O–H groups in total. The summed E-state index contributed by atoms with van der Waals surface area (Å²) in [4.78, 5) is 20.2. The normalized spacial score (nSPS) is 13.1. The molecule has 0 radical (unpaired) electrons. The van der Waals surface area contributed by atoms with E-state index in [0.717, 1.165) is 6.07 Å². The van der Waals surface area contributed by atoms with E-state index in [4.69, 9.17) is 9.16 Å². The number of nitro benzene ring substituents is 2. The molecule has 0 unspecified atom stereocenters. The third-order valence-corrected chi connectivity index (χ3v) is 2.69. The Labute approximate surface area is 132 Å². The van der Waals surface area contributed by atoms with Crippen LogP contribution in [0.25, 0.3) is 0 Å². The van der Waals surface area contributed by atoms with Crippen molar-refractivity contribution >= 4 is 24.6 Å². The number of rotatable bonds is 3. The van der Waals surface area contributed by atoms with Gasteiger partial charge < -0.3 is 26.4 Å². The first-order chi connectivity index (χ1) is 11.0. The number of hydrogen-bond donors (Lipinski definition) is 0. The highest BCUT2D eigenvalue weighted by atomic mass is 19.5. The van der Waals surface area contributed by atoms with Crippen molar-refractivity contribution in [3.8, 4) is 0 Å². The van der Waals surface area contributed by atoms with Gasteiger partial charge in [-0.3, -0.25) is 20.2 Å². The van der Waals surface area contributed by atoms with Crippen molar-refractivity contribution in [2.45, 2.75) is 13.3 Å². The summed E-state index contributed by atoms with van der Waals surface area (Å²) in [5, 5.41) is 21.7. The second-order valence-corrected chi connectivity index (χ2v) is 4.33. The molecule has 1 aromatic carbocycles. The molecule has 132 valence electrons. The zero-order valence-electron chi connectivity index (χ0n) is 12.2. The van der Waals surface area contributed by atoms with Crippen molar-refractivity contribution in [1.82, 2.24) is 0 Å². The lowest BCUT2D eigenvalue weighted by Gasteiger charge is -2.08. The minimum Gasteiger partial charge on any atom is -0.418 e. The molecule has 8 nitrogen and oxygen atoms in total. The number of nitrogens with zero attached hydrogens (tertiary/aromatic N) is 2. The van der Waals surface area contributed by atoms with Gasteiger partial charge in [-0.2, -0.15) is 0 Å². The predicted octanol–water partition coefficient (Wildman–Crippen LogP) is 3.07. The zero-order valence-corrected chi connectivity index (χ0v) is 12.2. The lowest BCUT2D eigenvalue weighted by Crippen LogP contribution is -2.17. The van der Waals surface area contributed by atoms with E-state index in [1.54, 1.807) is 6.92 Å².